The van der Waals surface area contributed by atoms with Crippen LogP contribution in [0, 0.1) is 0 Å². The van der Waals surface area contributed by atoms with Crippen LogP contribution in [0.1, 0.15) is 36.8 Å². The molecular weight excluding hydrogens is 422 g/mol. The van der Waals surface area contributed by atoms with Crippen molar-refractivity contribution < 1.29 is 24.2 Å². The Bertz CT molecular complexity index is 962. The van der Waals surface area contributed by atoms with Crippen molar-refractivity contribution in [1.29, 1.82) is 0 Å². The van der Waals surface area contributed by atoms with Gasteiger partial charge in [0.1, 0.15) is 12.6 Å². The van der Waals surface area contributed by atoms with Crippen LogP contribution in [0.4, 0.5) is 4.79 Å². The van der Waals surface area contributed by atoms with Gasteiger partial charge < -0.3 is 25.4 Å². The van der Waals surface area contributed by atoms with Crippen molar-refractivity contribution in [3.63, 3.8) is 0 Å². The molecule has 176 valence electrons. The quantitative estimate of drug-likeness (QED) is 0.511. The number of nitrogens with one attached hydrogen (secondary N) is 2. The summed E-state index contributed by atoms with van der Waals surface area (Å²) in [5, 5.41) is 14.5. The Kier molecular flexibility index (Phi) is 8.06. The first-order chi connectivity index (χ1) is 15.8. The van der Waals surface area contributed by atoms with E-state index in [-0.39, 0.29) is 18.9 Å². The molecule has 0 saturated carbocycles. The highest BCUT2D eigenvalue weighted by molar-refractivity contribution is 5.84. The van der Waals surface area contributed by atoms with E-state index in [0.29, 0.717) is 13.0 Å². The number of carboxylic acid groups (broad SMARTS) is 1. The minimum atomic E-state index is -1.08. The molecule has 0 saturated heterocycles. The molecule has 0 fully saturated rings. The Morgan fingerprint density at radius 3 is 2.12 bits per heavy atom. The van der Waals surface area contributed by atoms with Crippen LogP contribution in [-0.2, 0) is 14.3 Å². The van der Waals surface area contributed by atoms with Crippen LogP contribution in [0.15, 0.2) is 48.5 Å². The summed E-state index contributed by atoms with van der Waals surface area (Å²) < 4.78 is 5.49. The van der Waals surface area contributed by atoms with E-state index in [1.54, 1.807) is 6.92 Å². The van der Waals surface area contributed by atoms with Gasteiger partial charge in [-0.3, -0.25) is 4.79 Å². The van der Waals surface area contributed by atoms with Gasteiger partial charge in [-0.2, -0.15) is 0 Å². The van der Waals surface area contributed by atoms with Crippen LogP contribution in [0.25, 0.3) is 11.1 Å². The number of rotatable bonds is 10. The molecule has 8 heteroatoms. The third-order valence-corrected chi connectivity index (χ3v) is 5.70. The third kappa shape index (κ3) is 6.32. The van der Waals surface area contributed by atoms with E-state index in [1.807, 2.05) is 55.4 Å². The first-order valence-electron chi connectivity index (χ1n) is 11.0. The lowest BCUT2D eigenvalue weighted by molar-refractivity contribution is -0.142. The maximum Gasteiger partial charge on any atom is 0.407 e. The molecule has 0 aromatic heterocycles. The summed E-state index contributed by atoms with van der Waals surface area (Å²) in [6.45, 7) is 2.39. The molecule has 1 aliphatic carbocycles. The molecule has 1 aliphatic rings. The van der Waals surface area contributed by atoms with Crippen molar-refractivity contribution in [2.45, 2.75) is 37.8 Å². The smallest absolute Gasteiger partial charge is 0.407 e. The van der Waals surface area contributed by atoms with Gasteiger partial charge in [-0.1, -0.05) is 48.5 Å². The Morgan fingerprint density at radius 2 is 1.58 bits per heavy atom. The predicted octanol–water partition coefficient (Wildman–Crippen LogP) is 2.82. The number of carbonyl (C=O) groups is 3. The lowest BCUT2D eigenvalue weighted by Crippen LogP contribution is -2.45. The molecule has 0 heterocycles. The molecule has 3 rings (SSSR count). The van der Waals surface area contributed by atoms with E-state index in [2.05, 4.69) is 22.8 Å². The van der Waals surface area contributed by atoms with Crippen LogP contribution < -0.4 is 10.6 Å². The summed E-state index contributed by atoms with van der Waals surface area (Å²) in [7, 11) is 3.67. The van der Waals surface area contributed by atoms with Crippen LogP contribution in [0.5, 0.6) is 0 Å². The number of amides is 2. The van der Waals surface area contributed by atoms with E-state index in [0.717, 1.165) is 22.3 Å². The van der Waals surface area contributed by atoms with E-state index in [4.69, 9.17) is 4.74 Å². The van der Waals surface area contributed by atoms with Crippen LogP contribution >= 0.6 is 0 Å². The van der Waals surface area contributed by atoms with E-state index < -0.39 is 30.1 Å². The van der Waals surface area contributed by atoms with Crippen LogP contribution in [0.3, 0.4) is 0 Å². The van der Waals surface area contributed by atoms with Crippen molar-refractivity contribution in [2.75, 3.05) is 27.2 Å². The fraction of sp³-hybridized carbons (Fsp3) is 0.400. The fourth-order valence-electron chi connectivity index (χ4n) is 4.07. The van der Waals surface area contributed by atoms with Gasteiger partial charge in [0.05, 0.1) is 0 Å². The van der Waals surface area contributed by atoms with Gasteiger partial charge in [0.2, 0.25) is 5.91 Å². The standard InChI is InChI=1S/C25H31N3O5/c1-16(14-23(29)27-22(24(30)31)12-13-28(2)3)26-25(32)33-15-21-19-10-6-4-8-17(19)18-9-5-7-11-20(18)21/h4-11,16,21-22H,12-15H2,1-3H3,(H,26,32)(H,27,29)(H,30,31)/t16-,22?/m0/s1. The van der Waals surface area contributed by atoms with Crippen molar-refractivity contribution in [2.24, 2.45) is 0 Å². The SMILES string of the molecule is C[C@@H](CC(=O)NC(CCN(C)C)C(=O)O)NC(=O)OCC1c2ccccc2-c2ccccc21. The number of carboxylic acids is 1. The average Bonchev–Trinajstić information content (AvgIpc) is 3.08. The summed E-state index contributed by atoms with van der Waals surface area (Å²) in [6.07, 6.45) is -0.363. The summed E-state index contributed by atoms with van der Waals surface area (Å²) in [6, 6.07) is 14.7. The molecule has 0 spiro atoms. The van der Waals surface area contributed by atoms with Crippen molar-refractivity contribution >= 4 is 18.0 Å². The zero-order chi connectivity index (χ0) is 24.0. The van der Waals surface area contributed by atoms with Gasteiger partial charge in [-0.05, 0) is 49.7 Å². The number of nitrogens with zero attached hydrogens (tertiary/aromatic N) is 1. The first kappa shape index (κ1) is 24.3. The first-order valence-corrected chi connectivity index (χ1v) is 11.0. The lowest BCUT2D eigenvalue weighted by atomic mass is 9.98. The van der Waals surface area contributed by atoms with Crippen LogP contribution in [0.2, 0.25) is 0 Å². The highest BCUT2D eigenvalue weighted by atomic mass is 16.5. The number of benzene rings is 2. The van der Waals surface area contributed by atoms with E-state index >= 15 is 0 Å². The molecule has 3 N–H and O–H groups in total. The summed E-state index contributed by atoms with van der Waals surface area (Å²) in [5.74, 6) is -1.57. The lowest BCUT2D eigenvalue weighted by Gasteiger charge is -2.19. The molecule has 0 radical (unpaired) electrons. The normalized spacial score (nSPS) is 14.2. The fourth-order valence-corrected chi connectivity index (χ4v) is 4.07. The molecule has 0 bridgehead atoms. The van der Waals surface area contributed by atoms with E-state index in [1.165, 1.54) is 0 Å². The summed E-state index contributed by atoms with van der Waals surface area (Å²) in [4.78, 5) is 37.8. The second kappa shape index (κ2) is 11.0. The molecule has 33 heavy (non-hydrogen) atoms. The number of carbonyl (C=O) groups excluding carboxylic acids is 2. The Labute approximate surface area is 193 Å². The highest BCUT2D eigenvalue weighted by Gasteiger charge is 2.29. The van der Waals surface area contributed by atoms with Gasteiger partial charge >= 0.3 is 12.1 Å². The highest BCUT2D eigenvalue weighted by Crippen LogP contribution is 2.44. The van der Waals surface area contributed by atoms with Crippen molar-refractivity contribution in [3.05, 3.63) is 59.7 Å². The van der Waals surface area contributed by atoms with Crippen LogP contribution in [-0.4, -0.2) is 67.3 Å². The number of fused-ring (bicyclic) bond motifs is 3. The number of ether oxygens (including phenoxy) is 1. The maximum atomic E-state index is 12.4. The largest absolute Gasteiger partial charge is 0.480 e. The number of hydrogen-bond acceptors (Lipinski definition) is 5. The minimum absolute atomic E-state index is 0.0457. The van der Waals surface area contributed by atoms with E-state index in [9.17, 15) is 19.5 Å². The van der Waals surface area contributed by atoms with Crippen molar-refractivity contribution in [3.8, 4) is 11.1 Å². The Hall–Kier alpha value is -3.39. The zero-order valence-electron chi connectivity index (χ0n) is 19.2. The third-order valence-electron chi connectivity index (χ3n) is 5.70. The molecule has 2 aromatic rings. The van der Waals surface area contributed by atoms with Gasteiger partial charge in [-0.25, -0.2) is 9.59 Å². The average molecular weight is 454 g/mol. The second-order valence-corrected chi connectivity index (χ2v) is 8.63. The van der Waals surface area contributed by atoms with Gasteiger partial charge in [-0.15, -0.1) is 0 Å². The minimum Gasteiger partial charge on any atom is -0.480 e. The summed E-state index contributed by atoms with van der Waals surface area (Å²) >= 11 is 0. The topological polar surface area (TPSA) is 108 Å². The molecule has 1 unspecified atom stereocenters. The molecule has 8 nitrogen and oxygen atoms in total. The van der Waals surface area contributed by atoms with Gasteiger partial charge in [0.15, 0.2) is 0 Å². The predicted molar refractivity (Wildman–Crippen MR) is 125 cm³/mol. The van der Waals surface area contributed by atoms with Crippen molar-refractivity contribution in [1.82, 2.24) is 15.5 Å². The zero-order valence-corrected chi connectivity index (χ0v) is 19.2. The van der Waals surface area contributed by atoms with Gasteiger partial charge in [0, 0.05) is 24.9 Å². The molecule has 2 atom stereocenters. The number of hydrogen-bond donors (Lipinski definition) is 3. The molecule has 0 aliphatic heterocycles. The number of alkyl carbamates (subject to hydrolysis) is 1. The Balaban J connectivity index is 1.50. The second-order valence-electron chi connectivity index (χ2n) is 8.63. The maximum absolute atomic E-state index is 12.4. The molecule has 2 aromatic carbocycles. The molecular formula is C25H31N3O5. The molecule has 2 amide bonds. The van der Waals surface area contributed by atoms with Gasteiger partial charge in [0.25, 0.3) is 0 Å². The Morgan fingerprint density at radius 1 is 1.00 bits per heavy atom. The number of aliphatic carboxylic acids is 1. The summed E-state index contributed by atoms with van der Waals surface area (Å²) in [5.41, 5.74) is 4.54. The monoisotopic (exact) mass is 453 g/mol.